The van der Waals surface area contributed by atoms with Gasteiger partial charge in [0, 0.05) is 76.1 Å². The summed E-state index contributed by atoms with van der Waals surface area (Å²) in [5.41, 5.74) is 1.67. The van der Waals surface area contributed by atoms with Gasteiger partial charge in [0.1, 0.15) is 21.5 Å². The van der Waals surface area contributed by atoms with Crippen molar-refractivity contribution in [3.05, 3.63) is 59.7 Å². The van der Waals surface area contributed by atoms with Crippen molar-refractivity contribution in [2.45, 2.75) is 32.1 Å². The number of carbonyl (C=O) groups excluding carboxylic acids is 1. The minimum absolute atomic E-state index is 0.0412. The molecule has 8 N–H and O–H groups in total. The molecule has 2 rings (SSSR count). The maximum absolute atomic E-state index is 12.1. The van der Waals surface area contributed by atoms with Crippen LogP contribution in [0.1, 0.15) is 43.2 Å². The molecule has 0 radical (unpaired) electrons. The van der Waals surface area contributed by atoms with Crippen LogP contribution in [-0.2, 0) is 4.79 Å². The van der Waals surface area contributed by atoms with Gasteiger partial charge < -0.3 is 42.1 Å². The van der Waals surface area contributed by atoms with Gasteiger partial charge in [-0.3, -0.25) is 4.79 Å². The lowest BCUT2D eigenvalue weighted by molar-refractivity contribution is -0.120. The summed E-state index contributed by atoms with van der Waals surface area (Å²) in [6, 6.07) is 13.4. The topological polar surface area (TPSA) is 130 Å². The number of nitrogens with one attached hydrogen (secondary N) is 6. The molecule has 0 saturated heterocycles. The highest BCUT2D eigenvalue weighted by molar-refractivity contribution is 7.81. The molecule has 0 aliphatic carbocycles. The lowest BCUT2D eigenvalue weighted by atomic mass is 10.2. The number of phenolic OH excluding ortho intramolecular Hbond substituents is 2. The predicted octanol–water partition coefficient (Wildman–Crippen LogP) is 3.15. The van der Waals surface area contributed by atoms with E-state index in [1.807, 2.05) is 0 Å². The monoisotopic (exact) mass is 678 g/mol. The van der Waals surface area contributed by atoms with Crippen LogP contribution in [0.5, 0.6) is 11.5 Å². The van der Waals surface area contributed by atoms with Crippen molar-refractivity contribution >= 4 is 91.9 Å². The van der Waals surface area contributed by atoms with Crippen LogP contribution in [0, 0.1) is 0 Å². The second-order valence-electron chi connectivity index (χ2n) is 9.36. The molecule has 9 nitrogen and oxygen atoms in total. The molecule has 0 fully saturated rings. The van der Waals surface area contributed by atoms with Crippen LogP contribution < -0.4 is 31.9 Å². The van der Waals surface area contributed by atoms with Gasteiger partial charge in [-0.05, 0) is 55.0 Å². The number of hydrogen-bond donors (Lipinski definition) is 8. The lowest BCUT2D eigenvalue weighted by Crippen LogP contribution is -2.34. The Balaban J connectivity index is 1.41. The van der Waals surface area contributed by atoms with E-state index >= 15 is 0 Å². The second kappa shape index (κ2) is 20.8. The fraction of sp³-hybridized carbons (Fsp3) is 0.379. The fourth-order valence-corrected chi connectivity index (χ4v) is 4.63. The normalized spacial score (nSPS) is 10.2. The first-order chi connectivity index (χ1) is 20.6. The molecule has 0 heterocycles. The van der Waals surface area contributed by atoms with E-state index in [1.165, 1.54) is 0 Å². The lowest BCUT2D eigenvalue weighted by Gasteiger charge is -2.12. The standard InChI is InChI=1S/C29H38N6O3S5/c36-22-6-2-20(3-7-22)28(42)34-18-12-26(40)32-16-10-24(38)30-14-1-15-31-25(39)11-17-33-27(41)13-19-35-29(43)21-4-8-23(37)9-5-21/h2-9,36-37H,1,10-19H2,(H,30,38)(H,31,39)(H,32,40)(H,33,41)(H,34,42)(H,35,43). The third kappa shape index (κ3) is 16.4. The summed E-state index contributed by atoms with van der Waals surface area (Å²) in [5, 5.41) is 37.4. The van der Waals surface area contributed by atoms with E-state index in [-0.39, 0.29) is 17.4 Å². The Morgan fingerprint density at radius 2 is 0.837 bits per heavy atom. The van der Waals surface area contributed by atoms with Gasteiger partial charge >= 0.3 is 0 Å². The van der Waals surface area contributed by atoms with E-state index in [0.717, 1.165) is 27.5 Å². The van der Waals surface area contributed by atoms with Crippen molar-refractivity contribution in [2.75, 3.05) is 39.3 Å². The van der Waals surface area contributed by atoms with Crippen molar-refractivity contribution in [1.29, 1.82) is 0 Å². The molecule has 0 bridgehead atoms. The molecule has 0 saturated carbocycles. The van der Waals surface area contributed by atoms with Crippen LogP contribution in [0.15, 0.2) is 48.5 Å². The number of rotatable bonds is 18. The largest absolute Gasteiger partial charge is 0.508 e. The van der Waals surface area contributed by atoms with E-state index in [1.54, 1.807) is 48.5 Å². The van der Waals surface area contributed by atoms with E-state index < -0.39 is 0 Å². The first-order valence-electron chi connectivity index (χ1n) is 13.9. The van der Waals surface area contributed by atoms with Gasteiger partial charge in [0.05, 0.1) is 15.0 Å². The summed E-state index contributed by atoms with van der Waals surface area (Å²) in [5.74, 6) is 0.355. The van der Waals surface area contributed by atoms with Crippen molar-refractivity contribution in [2.24, 2.45) is 0 Å². The zero-order chi connectivity index (χ0) is 31.5. The van der Waals surface area contributed by atoms with Crippen LogP contribution in [0.25, 0.3) is 0 Å². The van der Waals surface area contributed by atoms with Gasteiger partial charge in [-0.1, -0.05) is 61.1 Å². The maximum atomic E-state index is 12.1. The average molecular weight is 679 g/mol. The number of phenols is 2. The van der Waals surface area contributed by atoms with E-state index in [0.29, 0.717) is 79.9 Å². The van der Waals surface area contributed by atoms with Crippen LogP contribution in [-0.4, -0.2) is 80.3 Å². The van der Waals surface area contributed by atoms with Crippen LogP contribution in [0.4, 0.5) is 0 Å². The molecule has 2 aromatic rings. The Hall–Kier alpha value is -3.04. The van der Waals surface area contributed by atoms with E-state index in [4.69, 9.17) is 61.1 Å². The third-order valence-electron chi connectivity index (χ3n) is 5.88. The van der Waals surface area contributed by atoms with Crippen molar-refractivity contribution < 1.29 is 15.0 Å². The number of thiocarbonyl (C=S) groups is 5. The Morgan fingerprint density at radius 1 is 0.488 bits per heavy atom. The Labute approximate surface area is 280 Å². The summed E-state index contributed by atoms with van der Waals surface area (Å²) in [6.45, 7) is 3.51. The Bertz CT molecular complexity index is 1150. The van der Waals surface area contributed by atoms with E-state index in [9.17, 15) is 15.0 Å². The first kappa shape index (κ1) is 36.2. The number of carbonyl (C=O) groups is 1. The molecule has 0 aliphatic heterocycles. The smallest absolute Gasteiger partial charge is 0.221 e. The van der Waals surface area contributed by atoms with Crippen molar-refractivity contribution in [1.82, 2.24) is 31.9 Å². The van der Waals surface area contributed by atoms with Crippen LogP contribution in [0.2, 0.25) is 0 Å². The molecule has 43 heavy (non-hydrogen) atoms. The van der Waals surface area contributed by atoms with Gasteiger partial charge in [-0.25, -0.2) is 0 Å². The number of amides is 1. The molecule has 0 unspecified atom stereocenters. The Morgan fingerprint density at radius 3 is 1.28 bits per heavy atom. The molecule has 0 aliphatic rings. The molecule has 0 spiro atoms. The van der Waals surface area contributed by atoms with Gasteiger partial charge in [0.25, 0.3) is 0 Å². The van der Waals surface area contributed by atoms with Crippen LogP contribution in [0.3, 0.4) is 0 Å². The molecular weight excluding hydrogens is 641 g/mol. The minimum atomic E-state index is -0.0412. The van der Waals surface area contributed by atoms with Crippen molar-refractivity contribution in [3.63, 3.8) is 0 Å². The number of aromatic hydroxyl groups is 2. The Kier molecular flexibility index (Phi) is 17.5. The summed E-state index contributed by atoms with van der Waals surface area (Å²) in [7, 11) is 0. The molecule has 14 heteroatoms. The first-order valence-corrected chi connectivity index (χ1v) is 15.9. The molecular formula is C29H38N6O3S5. The highest BCUT2D eigenvalue weighted by Crippen LogP contribution is 2.10. The number of benzene rings is 2. The SMILES string of the molecule is O=C(CCNC(=S)CCNC(=S)c1ccc(O)cc1)NCCCNC(=S)CCNC(=S)CCNC(=S)c1ccc(O)cc1. The highest BCUT2D eigenvalue weighted by Gasteiger charge is 2.05. The van der Waals surface area contributed by atoms with Gasteiger partial charge in [-0.2, -0.15) is 0 Å². The van der Waals surface area contributed by atoms with Crippen molar-refractivity contribution in [3.8, 4) is 11.5 Å². The van der Waals surface area contributed by atoms with Gasteiger partial charge in [0.2, 0.25) is 5.91 Å². The van der Waals surface area contributed by atoms with E-state index in [2.05, 4.69) is 31.9 Å². The fourth-order valence-electron chi connectivity index (χ4n) is 3.54. The van der Waals surface area contributed by atoms with Gasteiger partial charge in [-0.15, -0.1) is 0 Å². The summed E-state index contributed by atoms with van der Waals surface area (Å²) >= 11 is 26.8. The molecule has 2 aromatic carbocycles. The predicted molar refractivity (Wildman–Crippen MR) is 194 cm³/mol. The zero-order valence-corrected chi connectivity index (χ0v) is 27.8. The molecule has 1 amide bonds. The maximum Gasteiger partial charge on any atom is 0.221 e. The third-order valence-corrected chi connectivity index (χ3v) is 7.69. The second-order valence-corrected chi connectivity index (χ2v) is 11.7. The molecule has 0 aromatic heterocycles. The van der Waals surface area contributed by atoms with Crippen LogP contribution >= 0.6 is 61.1 Å². The highest BCUT2D eigenvalue weighted by atomic mass is 32.1. The summed E-state index contributed by atoms with van der Waals surface area (Å²) < 4.78 is 0. The number of hydrogen-bond acceptors (Lipinski definition) is 8. The zero-order valence-electron chi connectivity index (χ0n) is 23.7. The summed E-state index contributed by atoms with van der Waals surface area (Å²) in [4.78, 5) is 15.4. The van der Waals surface area contributed by atoms with Gasteiger partial charge in [0.15, 0.2) is 0 Å². The minimum Gasteiger partial charge on any atom is -0.508 e. The quantitative estimate of drug-likeness (QED) is 0.0870. The molecule has 0 atom stereocenters. The average Bonchev–Trinajstić information content (AvgIpc) is 2.97. The summed E-state index contributed by atoms with van der Waals surface area (Å²) in [6.07, 6.45) is 2.97. The molecule has 232 valence electrons.